The monoisotopic (exact) mass is 312 g/mol. The summed E-state index contributed by atoms with van der Waals surface area (Å²) in [7, 11) is -3.99. The third kappa shape index (κ3) is 2.81. The van der Waals surface area contributed by atoms with Crippen LogP contribution < -0.4 is 5.11 Å². The number of hydrogen-bond donors (Lipinski definition) is 1. The predicted molar refractivity (Wildman–Crippen MR) is 74.0 cm³/mol. The number of aliphatic carboxylic acids is 1. The van der Waals surface area contributed by atoms with E-state index < -0.39 is 28.1 Å². The number of aliphatic hydroxyl groups excluding tert-OH is 1. The van der Waals surface area contributed by atoms with Crippen LogP contribution in [0.1, 0.15) is 23.1 Å². The molecule has 1 fully saturated rings. The fourth-order valence-electron chi connectivity index (χ4n) is 2.96. The number of nitrogens with zero attached hydrogens (tertiary/aromatic N) is 1. The zero-order valence-electron chi connectivity index (χ0n) is 12.2. The number of rotatable bonds is 3. The first kappa shape index (κ1) is 15.9. The van der Waals surface area contributed by atoms with Gasteiger partial charge in [0.15, 0.2) is 0 Å². The van der Waals surface area contributed by atoms with Crippen LogP contribution in [0.3, 0.4) is 0 Å². The van der Waals surface area contributed by atoms with E-state index in [1.165, 1.54) is 0 Å². The van der Waals surface area contributed by atoms with Gasteiger partial charge in [-0.25, -0.2) is 8.42 Å². The molecule has 0 aromatic heterocycles. The molecule has 0 spiro atoms. The molecular formula is C14H18NO5S-. The largest absolute Gasteiger partial charge is 0.548 e. The maximum Gasteiger partial charge on any atom is 0.244 e. The highest BCUT2D eigenvalue weighted by Crippen LogP contribution is 2.30. The van der Waals surface area contributed by atoms with Gasteiger partial charge < -0.3 is 15.0 Å². The molecule has 0 amide bonds. The first-order valence-corrected chi connectivity index (χ1v) is 8.07. The number of carboxylic acids is 1. The highest BCUT2D eigenvalue weighted by Gasteiger charge is 2.41. The molecule has 6 nitrogen and oxygen atoms in total. The number of benzene rings is 1. The van der Waals surface area contributed by atoms with E-state index in [-0.39, 0.29) is 17.9 Å². The molecule has 1 heterocycles. The number of sulfonamides is 1. The van der Waals surface area contributed by atoms with Gasteiger partial charge in [0.05, 0.1) is 23.0 Å². The highest BCUT2D eigenvalue weighted by atomic mass is 32.2. The standard InChI is InChI=1S/C14H19NO5S/c1-8-4-9(2)13(10(3)5-8)21(19,20)15-7-11(16)6-12(15)14(17)18/h4-5,11-12,16H,6-7H2,1-3H3,(H,17,18)/p-1/t11-,12+/m0/s1. The Bertz CT molecular complexity index is 660. The number of hydrogen-bond acceptors (Lipinski definition) is 5. The van der Waals surface area contributed by atoms with Crippen molar-refractivity contribution < 1.29 is 23.4 Å². The summed E-state index contributed by atoms with van der Waals surface area (Å²) in [5.41, 5.74) is 2.05. The average molecular weight is 312 g/mol. The predicted octanol–water partition coefficient (Wildman–Crippen LogP) is -0.514. The lowest BCUT2D eigenvalue weighted by Crippen LogP contribution is -2.47. The molecule has 0 radical (unpaired) electrons. The van der Waals surface area contributed by atoms with Gasteiger partial charge in [0.2, 0.25) is 10.0 Å². The molecule has 7 heteroatoms. The van der Waals surface area contributed by atoms with Crippen LogP contribution in [0.15, 0.2) is 17.0 Å². The Morgan fingerprint density at radius 1 is 1.29 bits per heavy atom. The molecule has 2 atom stereocenters. The van der Waals surface area contributed by atoms with E-state index in [0.29, 0.717) is 11.1 Å². The van der Waals surface area contributed by atoms with Crippen LogP contribution >= 0.6 is 0 Å². The summed E-state index contributed by atoms with van der Waals surface area (Å²) in [4.78, 5) is 11.2. The Balaban J connectivity index is 2.55. The molecule has 1 aromatic carbocycles. The molecule has 0 aliphatic carbocycles. The Morgan fingerprint density at radius 3 is 2.29 bits per heavy atom. The fourth-order valence-corrected chi connectivity index (χ4v) is 5.00. The van der Waals surface area contributed by atoms with Crippen LogP contribution in [0, 0.1) is 20.8 Å². The molecule has 1 N–H and O–H groups in total. The van der Waals surface area contributed by atoms with Gasteiger partial charge in [-0.15, -0.1) is 0 Å². The van der Waals surface area contributed by atoms with E-state index in [1.807, 2.05) is 6.92 Å². The summed E-state index contributed by atoms with van der Waals surface area (Å²) in [5.74, 6) is -1.49. The van der Waals surface area contributed by atoms with Gasteiger partial charge in [0.25, 0.3) is 0 Å². The average Bonchev–Trinajstić information content (AvgIpc) is 2.70. The van der Waals surface area contributed by atoms with E-state index in [1.54, 1.807) is 26.0 Å². The number of aliphatic hydroxyl groups is 1. The van der Waals surface area contributed by atoms with Gasteiger partial charge in [-0.05, 0) is 38.3 Å². The molecule has 116 valence electrons. The van der Waals surface area contributed by atoms with E-state index in [4.69, 9.17) is 0 Å². The minimum absolute atomic E-state index is 0.105. The SMILES string of the molecule is Cc1cc(C)c(S(=O)(=O)N2C[C@@H](O)C[C@@H]2C(=O)[O-])c(C)c1. The van der Waals surface area contributed by atoms with Crippen molar-refractivity contribution >= 4 is 16.0 Å². The minimum atomic E-state index is -3.99. The van der Waals surface area contributed by atoms with Gasteiger partial charge in [-0.1, -0.05) is 17.7 Å². The topological polar surface area (TPSA) is 97.7 Å². The second kappa shape index (κ2) is 5.40. The number of carbonyl (C=O) groups excluding carboxylic acids is 1. The molecule has 1 aromatic rings. The second-order valence-corrected chi connectivity index (χ2v) is 7.35. The molecule has 1 aliphatic rings. The summed E-state index contributed by atoms with van der Waals surface area (Å²) < 4.78 is 26.4. The molecule has 2 rings (SSSR count). The first-order valence-electron chi connectivity index (χ1n) is 6.63. The first-order chi connectivity index (χ1) is 9.64. The van der Waals surface area contributed by atoms with Crippen LogP contribution in [0.5, 0.6) is 0 Å². The van der Waals surface area contributed by atoms with Crippen molar-refractivity contribution in [2.75, 3.05) is 6.54 Å². The normalized spacial score (nSPS) is 23.4. The van der Waals surface area contributed by atoms with Crippen molar-refractivity contribution in [2.45, 2.75) is 44.2 Å². The smallest absolute Gasteiger partial charge is 0.244 e. The van der Waals surface area contributed by atoms with E-state index >= 15 is 0 Å². The summed E-state index contributed by atoms with van der Waals surface area (Å²) >= 11 is 0. The summed E-state index contributed by atoms with van der Waals surface area (Å²) in [6, 6.07) is 2.14. The van der Waals surface area contributed by atoms with E-state index in [2.05, 4.69) is 0 Å². The quantitative estimate of drug-likeness (QED) is 0.810. The van der Waals surface area contributed by atoms with Crippen molar-refractivity contribution in [1.29, 1.82) is 0 Å². The van der Waals surface area contributed by atoms with Gasteiger partial charge in [0, 0.05) is 6.54 Å². The van der Waals surface area contributed by atoms with Crippen molar-refractivity contribution in [1.82, 2.24) is 4.31 Å². The second-order valence-electron chi connectivity index (χ2n) is 5.53. The summed E-state index contributed by atoms with van der Waals surface area (Å²) in [5, 5.41) is 20.7. The number of carbonyl (C=O) groups is 1. The molecule has 21 heavy (non-hydrogen) atoms. The number of aryl methyl sites for hydroxylation is 3. The van der Waals surface area contributed by atoms with Crippen molar-refractivity contribution in [3.63, 3.8) is 0 Å². The Hall–Kier alpha value is -1.44. The molecule has 1 saturated heterocycles. The summed E-state index contributed by atoms with van der Waals surface area (Å²) in [6.45, 7) is 4.98. The highest BCUT2D eigenvalue weighted by molar-refractivity contribution is 7.89. The van der Waals surface area contributed by atoms with Crippen LogP contribution in [0.25, 0.3) is 0 Å². The number of β-amino-alcohol motifs (C(OH)–C–C–N with tert-alkyl or cyclic N) is 1. The van der Waals surface area contributed by atoms with E-state index in [0.717, 1.165) is 9.87 Å². The van der Waals surface area contributed by atoms with Crippen LogP contribution in [0.4, 0.5) is 0 Å². The Kier molecular flexibility index (Phi) is 4.10. The zero-order chi connectivity index (χ0) is 15.9. The van der Waals surface area contributed by atoms with Crippen molar-refractivity contribution in [3.05, 3.63) is 28.8 Å². The Labute approximate surface area is 124 Å². The van der Waals surface area contributed by atoms with Gasteiger partial charge in [-0.2, -0.15) is 4.31 Å². The van der Waals surface area contributed by atoms with Crippen molar-refractivity contribution in [2.24, 2.45) is 0 Å². The third-order valence-corrected chi connectivity index (χ3v) is 5.86. The minimum Gasteiger partial charge on any atom is -0.548 e. The van der Waals surface area contributed by atoms with Gasteiger partial charge in [-0.3, -0.25) is 0 Å². The maximum absolute atomic E-state index is 12.8. The van der Waals surface area contributed by atoms with Crippen LogP contribution in [-0.4, -0.2) is 42.5 Å². The number of carboxylic acid groups (broad SMARTS) is 1. The van der Waals surface area contributed by atoms with Crippen molar-refractivity contribution in [3.8, 4) is 0 Å². The van der Waals surface area contributed by atoms with Crippen LogP contribution in [-0.2, 0) is 14.8 Å². The molecule has 1 aliphatic heterocycles. The summed E-state index contributed by atoms with van der Waals surface area (Å²) in [6.07, 6.45) is -1.14. The van der Waals surface area contributed by atoms with E-state index in [9.17, 15) is 23.4 Å². The third-order valence-electron chi connectivity index (χ3n) is 3.68. The zero-order valence-corrected chi connectivity index (χ0v) is 13.0. The van der Waals surface area contributed by atoms with Crippen LogP contribution in [0.2, 0.25) is 0 Å². The molecule has 0 unspecified atom stereocenters. The Morgan fingerprint density at radius 2 is 1.81 bits per heavy atom. The fraction of sp³-hybridized carbons (Fsp3) is 0.500. The lowest BCUT2D eigenvalue weighted by atomic mass is 10.1. The van der Waals surface area contributed by atoms with Gasteiger partial charge >= 0.3 is 0 Å². The molecule has 0 bridgehead atoms. The molecular weight excluding hydrogens is 294 g/mol. The molecule has 0 saturated carbocycles. The lowest BCUT2D eigenvalue weighted by molar-refractivity contribution is -0.309. The maximum atomic E-state index is 12.8. The lowest BCUT2D eigenvalue weighted by Gasteiger charge is -2.26. The van der Waals surface area contributed by atoms with Gasteiger partial charge in [0.1, 0.15) is 0 Å².